The monoisotopic (exact) mass is 271 g/mol. The van der Waals surface area contributed by atoms with Crippen LogP contribution in [0.3, 0.4) is 0 Å². The number of hydrogen-bond acceptors (Lipinski definition) is 4. The predicted octanol–water partition coefficient (Wildman–Crippen LogP) is 2.74. The summed E-state index contributed by atoms with van der Waals surface area (Å²) in [6.07, 6.45) is 8.64. The number of carbonyl (C=O) groups is 1. The van der Waals surface area contributed by atoms with Crippen LogP contribution in [0.2, 0.25) is 0 Å². The van der Waals surface area contributed by atoms with Crippen molar-refractivity contribution in [3.8, 4) is 0 Å². The van der Waals surface area contributed by atoms with Crippen LogP contribution in [0.1, 0.15) is 51.9 Å². The first-order valence-electron chi connectivity index (χ1n) is 7.29. The van der Waals surface area contributed by atoms with E-state index in [0.29, 0.717) is 12.6 Å². The second kappa shape index (κ2) is 6.80. The van der Waals surface area contributed by atoms with Crippen LogP contribution >= 0.6 is 11.8 Å². The molecule has 0 radical (unpaired) electrons. The summed E-state index contributed by atoms with van der Waals surface area (Å²) in [5, 5.41) is 3.66. The van der Waals surface area contributed by atoms with Crippen molar-refractivity contribution in [2.24, 2.45) is 0 Å². The maximum absolute atomic E-state index is 12.2. The van der Waals surface area contributed by atoms with Crippen LogP contribution in [0.5, 0.6) is 0 Å². The smallest absolute Gasteiger partial charge is 0.327 e. The van der Waals surface area contributed by atoms with Crippen molar-refractivity contribution in [1.82, 2.24) is 5.32 Å². The molecule has 0 spiro atoms. The first-order valence-corrected chi connectivity index (χ1v) is 8.45. The van der Waals surface area contributed by atoms with Crippen molar-refractivity contribution in [2.75, 3.05) is 18.1 Å². The van der Waals surface area contributed by atoms with E-state index in [4.69, 9.17) is 4.74 Å². The van der Waals surface area contributed by atoms with Gasteiger partial charge in [-0.1, -0.05) is 25.7 Å². The fraction of sp³-hybridized carbons (Fsp3) is 0.929. The summed E-state index contributed by atoms with van der Waals surface area (Å²) in [5.41, 5.74) is -0.393. The summed E-state index contributed by atoms with van der Waals surface area (Å²) in [5.74, 6) is 1.92. The van der Waals surface area contributed by atoms with Gasteiger partial charge in [0.1, 0.15) is 5.54 Å². The number of rotatable bonds is 4. The third kappa shape index (κ3) is 3.41. The summed E-state index contributed by atoms with van der Waals surface area (Å²) in [6.45, 7) is 2.37. The molecule has 0 bridgehead atoms. The molecule has 1 heterocycles. The first-order chi connectivity index (χ1) is 8.77. The Kier molecular flexibility index (Phi) is 5.37. The Morgan fingerprint density at radius 1 is 1.33 bits per heavy atom. The van der Waals surface area contributed by atoms with Gasteiger partial charge in [0.25, 0.3) is 0 Å². The highest BCUT2D eigenvalue weighted by Crippen LogP contribution is 2.31. The highest BCUT2D eigenvalue weighted by Gasteiger charge is 2.44. The molecule has 1 N–H and O–H groups in total. The third-order valence-electron chi connectivity index (χ3n) is 4.02. The Bertz CT molecular complexity index is 269. The lowest BCUT2D eigenvalue weighted by atomic mass is 9.95. The Balaban J connectivity index is 1.98. The molecule has 1 aliphatic heterocycles. The van der Waals surface area contributed by atoms with Crippen LogP contribution in [0.25, 0.3) is 0 Å². The highest BCUT2D eigenvalue weighted by atomic mass is 32.2. The van der Waals surface area contributed by atoms with Gasteiger partial charge < -0.3 is 4.74 Å². The fourth-order valence-corrected chi connectivity index (χ4v) is 4.31. The van der Waals surface area contributed by atoms with Gasteiger partial charge in [0.2, 0.25) is 0 Å². The molecule has 1 saturated carbocycles. The van der Waals surface area contributed by atoms with Crippen LogP contribution < -0.4 is 5.32 Å². The van der Waals surface area contributed by atoms with Gasteiger partial charge in [-0.3, -0.25) is 10.1 Å². The van der Waals surface area contributed by atoms with E-state index in [1.165, 1.54) is 38.5 Å². The van der Waals surface area contributed by atoms with Crippen molar-refractivity contribution >= 4 is 17.7 Å². The molecule has 2 aliphatic rings. The van der Waals surface area contributed by atoms with Gasteiger partial charge in [0.05, 0.1) is 6.61 Å². The average Bonchev–Trinajstić information content (AvgIpc) is 2.69. The molecule has 1 unspecified atom stereocenters. The van der Waals surface area contributed by atoms with Crippen molar-refractivity contribution in [2.45, 2.75) is 63.5 Å². The Labute approximate surface area is 114 Å². The van der Waals surface area contributed by atoms with Crippen molar-refractivity contribution < 1.29 is 9.53 Å². The average molecular weight is 271 g/mol. The van der Waals surface area contributed by atoms with Crippen LogP contribution in [-0.2, 0) is 9.53 Å². The zero-order valence-corrected chi connectivity index (χ0v) is 12.2. The van der Waals surface area contributed by atoms with Crippen LogP contribution in [0.15, 0.2) is 0 Å². The van der Waals surface area contributed by atoms with E-state index in [1.54, 1.807) is 0 Å². The zero-order chi connectivity index (χ0) is 12.8. The third-order valence-corrected chi connectivity index (χ3v) is 5.21. The minimum atomic E-state index is -0.393. The Morgan fingerprint density at radius 2 is 2.06 bits per heavy atom. The van der Waals surface area contributed by atoms with Gasteiger partial charge in [-0.25, -0.2) is 0 Å². The summed E-state index contributed by atoms with van der Waals surface area (Å²) in [7, 11) is 0. The van der Waals surface area contributed by atoms with Gasteiger partial charge in [-0.05, 0) is 31.9 Å². The number of thioether (sulfide) groups is 1. The molecule has 4 heteroatoms. The predicted molar refractivity (Wildman–Crippen MR) is 75.9 cm³/mol. The second-order valence-corrected chi connectivity index (χ2v) is 6.54. The van der Waals surface area contributed by atoms with Gasteiger partial charge in [-0.2, -0.15) is 11.8 Å². The lowest BCUT2D eigenvalue weighted by Gasteiger charge is -2.32. The summed E-state index contributed by atoms with van der Waals surface area (Å²) >= 11 is 1.87. The van der Waals surface area contributed by atoms with Crippen LogP contribution in [0.4, 0.5) is 0 Å². The highest BCUT2D eigenvalue weighted by molar-refractivity contribution is 7.99. The summed E-state index contributed by atoms with van der Waals surface area (Å²) in [4.78, 5) is 12.2. The number of carbonyl (C=O) groups excluding carboxylic acids is 1. The molecule has 1 atom stereocenters. The van der Waals surface area contributed by atoms with Gasteiger partial charge in [-0.15, -0.1) is 0 Å². The molecule has 1 saturated heterocycles. The van der Waals surface area contributed by atoms with E-state index >= 15 is 0 Å². The molecule has 0 amide bonds. The van der Waals surface area contributed by atoms with Crippen molar-refractivity contribution in [3.63, 3.8) is 0 Å². The first kappa shape index (κ1) is 14.2. The topological polar surface area (TPSA) is 38.3 Å². The van der Waals surface area contributed by atoms with E-state index in [1.807, 2.05) is 18.7 Å². The quantitative estimate of drug-likeness (QED) is 0.630. The minimum Gasteiger partial charge on any atom is -0.465 e. The Hall–Kier alpha value is -0.220. The lowest BCUT2D eigenvalue weighted by Crippen LogP contribution is -2.56. The summed E-state index contributed by atoms with van der Waals surface area (Å²) in [6, 6.07) is 0.510. The molecule has 104 valence electrons. The number of hydrogen-bond donors (Lipinski definition) is 1. The maximum Gasteiger partial charge on any atom is 0.327 e. The summed E-state index contributed by atoms with van der Waals surface area (Å²) < 4.78 is 5.29. The van der Waals surface area contributed by atoms with Gasteiger partial charge in [0, 0.05) is 11.8 Å². The number of ether oxygens (including phenoxy) is 1. The second-order valence-electron chi connectivity index (χ2n) is 5.44. The van der Waals surface area contributed by atoms with Gasteiger partial charge >= 0.3 is 5.97 Å². The Morgan fingerprint density at radius 3 is 2.61 bits per heavy atom. The lowest BCUT2D eigenvalue weighted by molar-refractivity contribution is -0.150. The molecule has 2 fully saturated rings. The molecule has 3 nitrogen and oxygen atoms in total. The normalized spacial score (nSPS) is 30.1. The fourth-order valence-electron chi connectivity index (χ4n) is 2.98. The molecule has 18 heavy (non-hydrogen) atoms. The van der Waals surface area contributed by atoms with Crippen LogP contribution in [0, 0.1) is 0 Å². The largest absolute Gasteiger partial charge is 0.465 e. The molecular formula is C14H25NO2S. The standard InChI is InChI=1S/C14H25NO2S/c1-2-17-13(16)14(9-10-18-11-14)15-12-7-5-3-4-6-8-12/h12,15H,2-11H2,1H3. The molecule has 0 aromatic rings. The molecule has 2 rings (SSSR count). The number of nitrogens with one attached hydrogen (secondary N) is 1. The molecule has 0 aromatic carbocycles. The maximum atomic E-state index is 12.2. The minimum absolute atomic E-state index is 0.0285. The van der Waals surface area contributed by atoms with E-state index in [2.05, 4.69) is 5.32 Å². The van der Waals surface area contributed by atoms with Gasteiger partial charge in [0.15, 0.2) is 0 Å². The number of esters is 1. The van der Waals surface area contributed by atoms with E-state index in [9.17, 15) is 4.79 Å². The molecule has 1 aliphatic carbocycles. The van der Waals surface area contributed by atoms with Crippen molar-refractivity contribution in [1.29, 1.82) is 0 Å². The molecule has 0 aromatic heterocycles. The zero-order valence-electron chi connectivity index (χ0n) is 11.4. The molecular weight excluding hydrogens is 246 g/mol. The SMILES string of the molecule is CCOC(=O)C1(NC2CCCCCC2)CCSC1. The van der Waals surface area contributed by atoms with E-state index in [0.717, 1.165) is 17.9 Å². The van der Waals surface area contributed by atoms with Crippen molar-refractivity contribution in [3.05, 3.63) is 0 Å². The van der Waals surface area contributed by atoms with Crippen LogP contribution in [-0.4, -0.2) is 35.7 Å². The van der Waals surface area contributed by atoms with E-state index in [-0.39, 0.29) is 5.97 Å². The van der Waals surface area contributed by atoms with E-state index < -0.39 is 5.54 Å².